The van der Waals surface area contributed by atoms with Crippen molar-refractivity contribution in [2.75, 3.05) is 25.6 Å². The van der Waals surface area contributed by atoms with E-state index in [1.54, 1.807) is 13.3 Å². The van der Waals surface area contributed by atoms with Crippen LogP contribution in [0.25, 0.3) is 0 Å². The zero-order valence-electron chi connectivity index (χ0n) is 11.5. The van der Waals surface area contributed by atoms with Crippen molar-refractivity contribution >= 4 is 28.6 Å². The molecule has 1 N–H and O–H groups in total. The number of nitrogens with zero attached hydrogens (tertiary/aromatic N) is 1. The quantitative estimate of drug-likeness (QED) is 0.883. The molecule has 1 aliphatic rings. The van der Waals surface area contributed by atoms with Crippen molar-refractivity contribution in [3.63, 3.8) is 0 Å². The van der Waals surface area contributed by atoms with Crippen molar-refractivity contribution in [3.8, 4) is 11.5 Å². The number of ether oxygens (including phenoxy) is 3. The predicted molar refractivity (Wildman–Crippen MR) is 82.7 cm³/mol. The molecule has 1 fully saturated rings. The highest BCUT2D eigenvalue weighted by Gasteiger charge is 2.21. The second kappa shape index (κ2) is 6.51. The standard InChI is InChI=1S/C14H15ClN2O3S/c1-18-13-4-9(16-5-11-6-17-14(15)21-11)2-3-12(13)20-10-7-19-8-10/h2-4,6,10,16H,5,7-8H2,1H3. The van der Waals surface area contributed by atoms with Gasteiger partial charge in [0.25, 0.3) is 0 Å². The molecular formula is C14H15ClN2O3S. The summed E-state index contributed by atoms with van der Waals surface area (Å²) in [6, 6.07) is 5.77. The lowest BCUT2D eigenvalue weighted by molar-refractivity contribution is -0.0803. The van der Waals surface area contributed by atoms with Crippen LogP contribution in [0.4, 0.5) is 5.69 Å². The maximum absolute atomic E-state index is 5.81. The van der Waals surface area contributed by atoms with Crippen molar-refractivity contribution in [1.82, 2.24) is 4.98 Å². The Labute approximate surface area is 131 Å². The summed E-state index contributed by atoms with van der Waals surface area (Å²) in [6.45, 7) is 1.94. The first-order valence-corrected chi connectivity index (χ1v) is 7.70. The van der Waals surface area contributed by atoms with Crippen LogP contribution in [-0.4, -0.2) is 31.4 Å². The number of methoxy groups -OCH3 is 1. The van der Waals surface area contributed by atoms with Crippen LogP contribution < -0.4 is 14.8 Å². The van der Waals surface area contributed by atoms with Gasteiger partial charge in [-0.05, 0) is 12.1 Å². The maximum atomic E-state index is 5.81. The van der Waals surface area contributed by atoms with Crippen LogP contribution in [0.15, 0.2) is 24.4 Å². The van der Waals surface area contributed by atoms with Crippen molar-refractivity contribution < 1.29 is 14.2 Å². The molecule has 2 heterocycles. The van der Waals surface area contributed by atoms with Crippen LogP contribution in [0.2, 0.25) is 4.47 Å². The van der Waals surface area contributed by atoms with E-state index in [0.717, 1.165) is 16.3 Å². The SMILES string of the molecule is COc1cc(NCc2cnc(Cl)s2)ccc1OC1COC1. The van der Waals surface area contributed by atoms with Crippen molar-refractivity contribution in [1.29, 1.82) is 0 Å². The molecule has 2 aromatic rings. The largest absolute Gasteiger partial charge is 0.493 e. The number of hydrogen-bond donors (Lipinski definition) is 1. The summed E-state index contributed by atoms with van der Waals surface area (Å²) in [7, 11) is 1.63. The molecule has 0 atom stereocenters. The van der Waals surface area contributed by atoms with Gasteiger partial charge in [0, 0.05) is 22.8 Å². The Balaban J connectivity index is 1.65. The first kappa shape index (κ1) is 14.4. The van der Waals surface area contributed by atoms with E-state index in [4.69, 9.17) is 25.8 Å². The second-order valence-electron chi connectivity index (χ2n) is 4.58. The van der Waals surface area contributed by atoms with Gasteiger partial charge in [-0.1, -0.05) is 11.6 Å². The molecule has 0 spiro atoms. The van der Waals surface area contributed by atoms with E-state index in [1.807, 2.05) is 18.2 Å². The lowest BCUT2D eigenvalue weighted by Gasteiger charge is -2.27. The van der Waals surface area contributed by atoms with Gasteiger partial charge in [-0.25, -0.2) is 4.98 Å². The molecule has 1 aliphatic heterocycles. The van der Waals surface area contributed by atoms with Crippen molar-refractivity contribution in [3.05, 3.63) is 33.7 Å². The Hall–Kier alpha value is -1.50. The Morgan fingerprint density at radius 2 is 2.29 bits per heavy atom. The fraction of sp³-hybridized carbons (Fsp3) is 0.357. The molecule has 1 saturated heterocycles. The minimum absolute atomic E-state index is 0.122. The van der Waals surface area contributed by atoms with Gasteiger partial charge in [-0.15, -0.1) is 11.3 Å². The monoisotopic (exact) mass is 326 g/mol. The molecule has 1 aromatic carbocycles. The van der Waals surface area contributed by atoms with Gasteiger partial charge >= 0.3 is 0 Å². The van der Waals surface area contributed by atoms with Gasteiger partial charge in [-0.3, -0.25) is 0 Å². The first-order valence-electron chi connectivity index (χ1n) is 6.51. The third-order valence-corrected chi connectivity index (χ3v) is 4.17. The molecule has 5 nitrogen and oxygen atoms in total. The van der Waals surface area contributed by atoms with E-state index >= 15 is 0 Å². The summed E-state index contributed by atoms with van der Waals surface area (Å²) in [4.78, 5) is 5.09. The van der Waals surface area contributed by atoms with E-state index in [9.17, 15) is 0 Å². The third kappa shape index (κ3) is 3.58. The van der Waals surface area contributed by atoms with E-state index in [-0.39, 0.29) is 6.10 Å². The number of anilines is 1. The predicted octanol–water partition coefficient (Wildman–Crippen LogP) is 3.19. The van der Waals surface area contributed by atoms with Gasteiger partial charge < -0.3 is 19.5 Å². The fourth-order valence-electron chi connectivity index (χ4n) is 1.89. The minimum atomic E-state index is 0.122. The fourth-order valence-corrected chi connectivity index (χ4v) is 2.81. The van der Waals surface area contributed by atoms with Gasteiger partial charge in [0.1, 0.15) is 6.10 Å². The van der Waals surface area contributed by atoms with Gasteiger partial charge in [0.05, 0.1) is 26.9 Å². The maximum Gasteiger partial charge on any atom is 0.183 e. The van der Waals surface area contributed by atoms with Crippen LogP contribution >= 0.6 is 22.9 Å². The summed E-state index contributed by atoms with van der Waals surface area (Å²) < 4.78 is 16.8. The number of nitrogens with one attached hydrogen (secondary N) is 1. The number of hydrogen-bond acceptors (Lipinski definition) is 6. The van der Waals surface area contributed by atoms with Gasteiger partial charge in [0.2, 0.25) is 0 Å². The Morgan fingerprint density at radius 3 is 2.90 bits per heavy atom. The van der Waals surface area contributed by atoms with Crippen molar-refractivity contribution in [2.24, 2.45) is 0 Å². The number of thiazole rings is 1. The van der Waals surface area contributed by atoms with E-state index in [1.165, 1.54) is 11.3 Å². The zero-order valence-corrected chi connectivity index (χ0v) is 13.0. The van der Waals surface area contributed by atoms with Crippen LogP contribution in [0, 0.1) is 0 Å². The molecule has 112 valence electrons. The summed E-state index contributed by atoms with van der Waals surface area (Å²) in [5, 5.41) is 3.31. The number of rotatable bonds is 6. The number of benzene rings is 1. The topological polar surface area (TPSA) is 52.6 Å². The molecule has 0 aliphatic carbocycles. The molecule has 0 radical (unpaired) electrons. The van der Waals surface area contributed by atoms with E-state index in [2.05, 4.69) is 10.3 Å². The number of aromatic nitrogens is 1. The molecule has 0 amide bonds. The third-order valence-electron chi connectivity index (χ3n) is 3.06. The average molecular weight is 327 g/mol. The molecule has 0 unspecified atom stereocenters. The Bertz CT molecular complexity index is 616. The molecule has 0 bridgehead atoms. The lowest BCUT2D eigenvalue weighted by atomic mass is 10.2. The van der Waals surface area contributed by atoms with Gasteiger partial charge in [-0.2, -0.15) is 0 Å². The van der Waals surface area contributed by atoms with Crippen LogP contribution in [-0.2, 0) is 11.3 Å². The molecule has 7 heteroatoms. The smallest absolute Gasteiger partial charge is 0.183 e. The van der Waals surface area contributed by atoms with Crippen LogP contribution in [0.3, 0.4) is 0 Å². The summed E-state index contributed by atoms with van der Waals surface area (Å²) in [6.07, 6.45) is 1.89. The molecule has 0 saturated carbocycles. The van der Waals surface area contributed by atoms with E-state index in [0.29, 0.717) is 30.0 Å². The van der Waals surface area contributed by atoms with Crippen LogP contribution in [0.1, 0.15) is 4.88 Å². The minimum Gasteiger partial charge on any atom is -0.493 e. The Morgan fingerprint density at radius 1 is 1.43 bits per heavy atom. The van der Waals surface area contributed by atoms with E-state index < -0.39 is 0 Å². The number of halogens is 1. The van der Waals surface area contributed by atoms with Gasteiger partial charge in [0.15, 0.2) is 16.0 Å². The normalized spacial score (nSPS) is 14.6. The van der Waals surface area contributed by atoms with Crippen LogP contribution in [0.5, 0.6) is 11.5 Å². The highest BCUT2D eigenvalue weighted by molar-refractivity contribution is 7.15. The molecule has 1 aromatic heterocycles. The molecular weight excluding hydrogens is 312 g/mol. The summed E-state index contributed by atoms with van der Waals surface area (Å²) in [5.41, 5.74) is 0.952. The van der Waals surface area contributed by atoms with Crippen molar-refractivity contribution in [2.45, 2.75) is 12.6 Å². The zero-order chi connectivity index (χ0) is 14.7. The summed E-state index contributed by atoms with van der Waals surface area (Å²) >= 11 is 7.27. The second-order valence-corrected chi connectivity index (χ2v) is 6.27. The Kier molecular flexibility index (Phi) is 4.48. The first-order chi connectivity index (χ1) is 10.2. The highest BCUT2D eigenvalue weighted by Crippen LogP contribution is 2.32. The highest BCUT2D eigenvalue weighted by atomic mass is 35.5. The molecule has 21 heavy (non-hydrogen) atoms. The molecule has 3 rings (SSSR count). The average Bonchev–Trinajstić information content (AvgIpc) is 2.87. The lowest BCUT2D eigenvalue weighted by Crippen LogP contribution is -2.38. The summed E-state index contributed by atoms with van der Waals surface area (Å²) in [5.74, 6) is 1.44.